The molecule has 0 aromatic heterocycles. The van der Waals surface area contributed by atoms with Gasteiger partial charge in [0.15, 0.2) is 6.61 Å². The fraction of sp³-hybridized carbons (Fsp3) is 0.438. The Morgan fingerprint density at radius 3 is 2.78 bits per heavy atom. The van der Waals surface area contributed by atoms with Gasteiger partial charge in [-0.15, -0.1) is 0 Å². The molecule has 2 amide bonds. The molecule has 0 saturated carbocycles. The highest BCUT2D eigenvalue weighted by Crippen LogP contribution is 2.31. The topological polar surface area (TPSA) is 84.9 Å². The number of nitrogens with one attached hydrogen (secondary N) is 1. The lowest BCUT2D eigenvalue weighted by Gasteiger charge is -2.27. The second-order valence-corrected chi connectivity index (χ2v) is 5.18. The summed E-state index contributed by atoms with van der Waals surface area (Å²) in [4.78, 5) is 37.3. The van der Waals surface area contributed by atoms with E-state index in [0.29, 0.717) is 18.0 Å². The Hall–Kier alpha value is -2.41. The molecule has 1 aromatic carbocycles. The van der Waals surface area contributed by atoms with E-state index in [-0.39, 0.29) is 30.9 Å². The number of esters is 1. The van der Waals surface area contributed by atoms with Crippen LogP contribution in [0.15, 0.2) is 24.3 Å². The van der Waals surface area contributed by atoms with Gasteiger partial charge in [-0.2, -0.15) is 0 Å². The van der Waals surface area contributed by atoms with Crippen molar-refractivity contribution in [1.82, 2.24) is 0 Å². The summed E-state index contributed by atoms with van der Waals surface area (Å²) in [6, 6.07) is 6.70. The van der Waals surface area contributed by atoms with Crippen LogP contribution in [0.3, 0.4) is 0 Å². The fourth-order valence-electron chi connectivity index (χ4n) is 2.41. The van der Waals surface area contributed by atoms with Crippen molar-refractivity contribution in [3.63, 3.8) is 0 Å². The number of carbonyl (C=O) groups is 3. The fourth-order valence-corrected chi connectivity index (χ4v) is 2.41. The Labute approximate surface area is 134 Å². The van der Waals surface area contributed by atoms with E-state index in [4.69, 9.17) is 9.47 Å². The molecule has 1 aliphatic rings. The third-order valence-electron chi connectivity index (χ3n) is 3.41. The summed E-state index contributed by atoms with van der Waals surface area (Å²) in [5, 5.41) is 2.77. The van der Waals surface area contributed by atoms with Crippen LogP contribution in [-0.4, -0.2) is 43.6 Å². The molecule has 1 aliphatic heterocycles. The molecule has 1 atom stereocenters. The summed E-state index contributed by atoms with van der Waals surface area (Å²) in [7, 11) is 0. The maximum Gasteiger partial charge on any atom is 0.332 e. The van der Waals surface area contributed by atoms with E-state index in [1.54, 1.807) is 38.1 Å². The lowest BCUT2D eigenvalue weighted by atomic mass is 10.1. The minimum Gasteiger partial charge on any atom is -0.454 e. The maximum absolute atomic E-state index is 12.5. The minimum absolute atomic E-state index is 0.159. The van der Waals surface area contributed by atoms with Gasteiger partial charge in [-0.25, -0.2) is 4.79 Å². The standard InChI is InChI=1S/C16H20N2O5/c1-3-22-10-16(21)23-9-15(20)18-11(2)8-14(19)17-12-6-4-5-7-13(12)18/h4-7,11H,3,8-10H2,1-2H3,(H,17,19)/t11-/m0/s1. The van der Waals surface area contributed by atoms with Crippen LogP contribution < -0.4 is 10.2 Å². The summed E-state index contributed by atoms with van der Waals surface area (Å²) in [6.07, 6.45) is 0.174. The van der Waals surface area contributed by atoms with E-state index in [0.717, 1.165) is 0 Å². The number of carbonyl (C=O) groups excluding carboxylic acids is 3. The first-order valence-corrected chi connectivity index (χ1v) is 7.47. The Bertz CT molecular complexity index is 602. The van der Waals surface area contributed by atoms with Gasteiger partial charge in [0, 0.05) is 19.1 Å². The Morgan fingerprint density at radius 2 is 2.04 bits per heavy atom. The Morgan fingerprint density at radius 1 is 1.30 bits per heavy atom. The van der Waals surface area contributed by atoms with Gasteiger partial charge in [0.2, 0.25) is 5.91 Å². The molecule has 0 unspecified atom stereocenters. The molecule has 0 aliphatic carbocycles. The molecule has 0 radical (unpaired) electrons. The zero-order chi connectivity index (χ0) is 16.8. The molecule has 0 spiro atoms. The zero-order valence-corrected chi connectivity index (χ0v) is 13.2. The first-order valence-electron chi connectivity index (χ1n) is 7.47. The highest BCUT2D eigenvalue weighted by atomic mass is 16.6. The van der Waals surface area contributed by atoms with Crippen LogP contribution in [0, 0.1) is 0 Å². The number of amides is 2. The monoisotopic (exact) mass is 320 g/mol. The molecule has 23 heavy (non-hydrogen) atoms. The molecule has 124 valence electrons. The molecule has 1 N–H and O–H groups in total. The number of hydrogen-bond donors (Lipinski definition) is 1. The van der Waals surface area contributed by atoms with Crippen LogP contribution in [0.25, 0.3) is 0 Å². The number of hydrogen-bond acceptors (Lipinski definition) is 5. The van der Waals surface area contributed by atoms with Crippen molar-refractivity contribution < 1.29 is 23.9 Å². The number of anilines is 2. The van der Waals surface area contributed by atoms with Crippen molar-refractivity contribution in [2.24, 2.45) is 0 Å². The molecule has 0 fully saturated rings. The third kappa shape index (κ3) is 4.29. The summed E-state index contributed by atoms with van der Waals surface area (Å²) in [6.45, 7) is 3.36. The molecule has 7 heteroatoms. The van der Waals surface area contributed by atoms with Crippen LogP contribution in [0.4, 0.5) is 11.4 Å². The highest BCUT2D eigenvalue weighted by molar-refractivity contribution is 6.05. The smallest absolute Gasteiger partial charge is 0.332 e. The van der Waals surface area contributed by atoms with Crippen molar-refractivity contribution in [3.05, 3.63) is 24.3 Å². The second kappa shape index (κ2) is 7.73. The van der Waals surface area contributed by atoms with Gasteiger partial charge in [-0.05, 0) is 26.0 Å². The maximum atomic E-state index is 12.5. The van der Waals surface area contributed by atoms with E-state index < -0.39 is 12.6 Å². The molecule has 7 nitrogen and oxygen atoms in total. The van der Waals surface area contributed by atoms with Crippen LogP contribution in [-0.2, 0) is 23.9 Å². The first-order chi connectivity index (χ1) is 11.0. The summed E-state index contributed by atoms with van der Waals surface area (Å²) in [5.74, 6) is -1.13. The van der Waals surface area contributed by atoms with Gasteiger partial charge in [0.25, 0.3) is 5.91 Å². The summed E-state index contributed by atoms with van der Waals surface area (Å²) < 4.78 is 9.86. The number of rotatable bonds is 5. The normalized spacial score (nSPS) is 17.0. The van der Waals surface area contributed by atoms with E-state index >= 15 is 0 Å². The lowest BCUT2D eigenvalue weighted by molar-refractivity contribution is -0.152. The average molecular weight is 320 g/mol. The second-order valence-electron chi connectivity index (χ2n) is 5.18. The van der Waals surface area contributed by atoms with E-state index in [1.165, 1.54) is 4.90 Å². The van der Waals surface area contributed by atoms with Crippen molar-refractivity contribution >= 4 is 29.2 Å². The van der Waals surface area contributed by atoms with Gasteiger partial charge in [-0.3, -0.25) is 9.59 Å². The van der Waals surface area contributed by atoms with E-state index in [2.05, 4.69) is 5.32 Å². The predicted octanol–water partition coefficient (Wildman–Crippen LogP) is 1.33. The largest absolute Gasteiger partial charge is 0.454 e. The zero-order valence-electron chi connectivity index (χ0n) is 13.2. The van der Waals surface area contributed by atoms with E-state index in [1.807, 2.05) is 0 Å². The van der Waals surface area contributed by atoms with E-state index in [9.17, 15) is 14.4 Å². The average Bonchev–Trinajstić information content (AvgIpc) is 2.64. The Balaban J connectivity index is 2.11. The SMILES string of the molecule is CCOCC(=O)OCC(=O)N1c2ccccc2NC(=O)C[C@@H]1C. The Kier molecular flexibility index (Phi) is 5.70. The van der Waals surface area contributed by atoms with Crippen LogP contribution in [0.1, 0.15) is 20.3 Å². The molecule has 1 heterocycles. The lowest BCUT2D eigenvalue weighted by Crippen LogP contribution is -2.41. The molecular weight excluding hydrogens is 300 g/mol. The predicted molar refractivity (Wildman–Crippen MR) is 84.1 cm³/mol. The van der Waals surface area contributed by atoms with Crippen molar-refractivity contribution in [2.45, 2.75) is 26.3 Å². The van der Waals surface area contributed by atoms with Crippen LogP contribution in [0.5, 0.6) is 0 Å². The number of nitrogens with zero attached hydrogens (tertiary/aromatic N) is 1. The molecular formula is C16H20N2O5. The van der Waals surface area contributed by atoms with Gasteiger partial charge in [0.1, 0.15) is 6.61 Å². The number of ether oxygens (including phenoxy) is 2. The van der Waals surface area contributed by atoms with Crippen molar-refractivity contribution in [2.75, 3.05) is 30.0 Å². The van der Waals surface area contributed by atoms with Crippen LogP contribution >= 0.6 is 0 Å². The molecule has 2 rings (SSSR count). The number of benzene rings is 1. The van der Waals surface area contributed by atoms with Gasteiger partial charge in [0.05, 0.1) is 11.4 Å². The minimum atomic E-state index is -0.592. The third-order valence-corrected chi connectivity index (χ3v) is 3.41. The van der Waals surface area contributed by atoms with Gasteiger partial charge < -0.3 is 19.7 Å². The van der Waals surface area contributed by atoms with Gasteiger partial charge >= 0.3 is 5.97 Å². The quantitative estimate of drug-likeness (QED) is 0.827. The molecule has 0 bridgehead atoms. The number of para-hydroxylation sites is 2. The highest BCUT2D eigenvalue weighted by Gasteiger charge is 2.29. The molecule has 0 saturated heterocycles. The van der Waals surface area contributed by atoms with Crippen LogP contribution in [0.2, 0.25) is 0 Å². The van der Waals surface area contributed by atoms with Crippen molar-refractivity contribution in [3.8, 4) is 0 Å². The molecule has 1 aromatic rings. The van der Waals surface area contributed by atoms with Crippen molar-refractivity contribution in [1.29, 1.82) is 0 Å². The summed E-state index contributed by atoms with van der Waals surface area (Å²) >= 11 is 0. The summed E-state index contributed by atoms with van der Waals surface area (Å²) in [5.41, 5.74) is 1.16. The van der Waals surface area contributed by atoms with Gasteiger partial charge in [-0.1, -0.05) is 12.1 Å². The first kappa shape index (κ1) is 17.0. The number of fused-ring (bicyclic) bond motifs is 1.